The van der Waals surface area contributed by atoms with E-state index in [1.54, 1.807) is 11.6 Å². The SMILES string of the molecule is Cn1cncc1-c1c(F)cncc1NC(=O)c1c2ncc(F)cn2n[13c]1N. The maximum atomic E-state index is 14.4. The number of pyridine rings is 1. The molecule has 1 amide bonds. The Balaban J connectivity index is 1.78. The number of carbonyl (C=O) groups excluding carboxylic acids is 1. The average Bonchev–Trinajstić information content (AvgIpc) is 3.17. The number of aryl methyl sites for hydroxylation is 1. The van der Waals surface area contributed by atoms with Crippen LogP contribution < -0.4 is 11.1 Å². The number of halogens is 2. The van der Waals surface area contributed by atoms with E-state index in [9.17, 15) is 13.6 Å². The van der Waals surface area contributed by atoms with Crippen molar-refractivity contribution in [1.29, 1.82) is 0 Å². The third-order valence-corrected chi connectivity index (χ3v) is 3.92. The molecule has 0 saturated heterocycles. The molecule has 136 valence electrons. The lowest BCUT2D eigenvalue weighted by Crippen LogP contribution is -2.15. The lowest BCUT2D eigenvalue weighted by molar-refractivity contribution is 0.102. The second kappa shape index (κ2) is 6.12. The highest BCUT2D eigenvalue weighted by molar-refractivity contribution is 6.12. The van der Waals surface area contributed by atoms with E-state index in [2.05, 4.69) is 25.4 Å². The van der Waals surface area contributed by atoms with Crippen molar-refractivity contribution in [3.63, 3.8) is 0 Å². The predicted octanol–water partition coefficient (Wildman–Crippen LogP) is 1.64. The van der Waals surface area contributed by atoms with Crippen LogP contribution >= 0.6 is 0 Å². The Hall–Kier alpha value is -3.89. The van der Waals surface area contributed by atoms with Crippen LogP contribution in [0.15, 0.2) is 37.3 Å². The van der Waals surface area contributed by atoms with Gasteiger partial charge in [-0.2, -0.15) is 0 Å². The minimum absolute atomic E-state index is 0.0600. The summed E-state index contributed by atoms with van der Waals surface area (Å²) in [5, 5.41) is 6.44. The van der Waals surface area contributed by atoms with Gasteiger partial charge >= 0.3 is 0 Å². The van der Waals surface area contributed by atoms with E-state index in [0.29, 0.717) is 5.69 Å². The minimum atomic E-state index is -0.683. The molecule has 4 heterocycles. The maximum absolute atomic E-state index is 14.4. The molecule has 27 heavy (non-hydrogen) atoms. The summed E-state index contributed by atoms with van der Waals surface area (Å²) in [5.41, 5.74) is 6.47. The highest BCUT2D eigenvalue weighted by atomic mass is 19.1. The predicted molar refractivity (Wildman–Crippen MR) is 91.7 cm³/mol. The zero-order chi connectivity index (χ0) is 19.1. The summed E-state index contributed by atoms with van der Waals surface area (Å²) in [6, 6.07) is 0. The van der Waals surface area contributed by atoms with Crippen LogP contribution in [0.25, 0.3) is 16.9 Å². The number of hydrogen-bond donors (Lipinski definition) is 2. The number of fused-ring (bicyclic) bond motifs is 1. The van der Waals surface area contributed by atoms with Gasteiger partial charge in [-0.1, -0.05) is 0 Å². The van der Waals surface area contributed by atoms with E-state index in [4.69, 9.17) is 5.73 Å². The van der Waals surface area contributed by atoms with Crippen molar-refractivity contribution in [3.8, 4) is 11.3 Å². The van der Waals surface area contributed by atoms with Crippen LogP contribution in [-0.4, -0.2) is 35.0 Å². The second-order valence-electron chi connectivity index (χ2n) is 5.69. The van der Waals surface area contributed by atoms with Crippen LogP contribution in [0.4, 0.5) is 20.3 Å². The Bertz CT molecular complexity index is 1180. The topological polar surface area (TPSA) is 116 Å². The number of nitrogens with two attached hydrogens (primary N) is 1. The molecule has 4 rings (SSSR count). The molecular formula is C16H12F2N8O. The van der Waals surface area contributed by atoms with E-state index in [0.717, 1.165) is 23.1 Å². The molecule has 11 heteroatoms. The van der Waals surface area contributed by atoms with Gasteiger partial charge in [0.25, 0.3) is 5.91 Å². The van der Waals surface area contributed by atoms with Crippen molar-refractivity contribution in [1.82, 2.24) is 29.1 Å². The summed E-state index contributed by atoms with van der Waals surface area (Å²) >= 11 is 0. The van der Waals surface area contributed by atoms with Crippen molar-refractivity contribution in [2.45, 2.75) is 0 Å². The molecule has 4 aromatic heterocycles. The number of amides is 1. The lowest BCUT2D eigenvalue weighted by Gasteiger charge is -2.11. The van der Waals surface area contributed by atoms with Crippen LogP contribution in [0.1, 0.15) is 10.4 Å². The number of aromatic nitrogens is 6. The van der Waals surface area contributed by atoms with Gasteiger partial charge in [0, 0.05) is 7.05 Å². The average molecular weight is 371 g/mol. The molecular weight excluding hydrogens is 359 g/mol. The molecule has 3 N–H and O–H groups in total. The Morgan fingerprint density at radius 3 is 2.74 bits per heavy atom. The second-order valence-corrected chi connectivity index (χ2v) is 5.69. The van der Waals surface area contributed by atoms with Crippen LogP contribution in [-0.2, 0) is 7.05 Å². The maximum Gasteiger partial charge on any atom is 0.263 e. The normalized spacial score (nSPS) is 11.1. The number of hydrogen-bond acceptors (Lipinski definition) is 6. The van der Waals surface area contributed by atoms with Gasteiger partial charge in [0.05, 0.1) is 54.3 Å². The molecule has 9 nitrogen and oxygen atoms in total. The third kappa shape index (κ3) is 2.74. The molecule has 0 bridgehead atoms. The Morgan fingerprint density at radius 1 is 1.19 bits per heavy atom. The zero-order valence-electron chi connectivity index (χ0n) is 13.9. The van der Waals surface area contributed by atoms with Gasteiger partial charge in [-0.3, -0.25) is 9.78 Å². The van der Waals surface area contributed by atoms with Gasteiger partial charge in [0.15, 0.2) is 23.1 Å². The van der Waals surface area contributed by atoms with E-state index in [-0.39, 0.29) is 28.3 Å². The van der Waals surface area contributed by atoms with Crippen LogP contribution in [0, 0.1) is 11.6 Å². The molecule has 0 aliphatic carbocycles. The molecule has 0 saturated carbocycles. The molecule has 0 radical (unpaired) electrons. The molecule has 0 aliphatic rings. The van der Waals surface area contributed by atoms with E-state index in [1.165, 1.54) is 18.7 Å². The minimum Gasteiger partial charge on any atom is -0.381 e. The van der Waals surface area contributed by atoms with Crippen molar-refractivity contribution >= 4 is 23.1 Å². The first-order valence-electron chi connectivity index (χ1n) is 7.66. The summed E-state index contributed by atoms with van der Waals surface area (Å²) in [7, 11) is 1.69. The monoisotopic (exact) mass is 371 g/mol. The first-order valence-corrected chi connectivity index (χ1v) is 7.66. The highest BCUT2D eigenvalue weighted by Crippen LogP contribution is 2.30. The number of anilines is 2. The van der Waals surface area contributed by atoms with Gasteiger partial charge in [-0.05, 0) is 0 Å². The van der Waals surface area contributed by atoms with Gasteiger partial charge in [-0.15, -0.1) is 5.10 Å². The molecule has 0 atom stereocenters. The number of nitrogen functional groups attached to an aromatic ring is 1. The quantitative estimate of drug-likeness (QED) is 0.566. The number of rotatable bonds is 3. The molecule has 0 fully saturated rings. The van der Waals surface area contributed by atoms with Crippen LogP contribution in [0.2, 0.25) is 0 Å². The number of nitrogens with zero attached hydrogens (tertiary/aromatic N) is 6. The molecule has 0 aliphatic heterocycles. The van der Waals surface area contributed by atoms with Crippen LogP contribution in [0.5, 0.6) is 0 Å². The number of imidazole rings is 1. The van der Waals surface area contributed by atoms with Gasteiger partial charge in [0.2, 0.25) is 0 Å². The molecule has 4 aromatic rings. The van der Waals surface area contributed by atoms with E-state index >= 15 is 0 Å². The fourth-order valence-corrected chi connectivity index (χ4v) is 2.72. The first-order chi connectivity index (χ1) is 13.0. The van der Waals surface area contributed by atoms with Crippen molar-refractivity contribution in [3.05, 3.63) is 54.5 Å². The molecule has 0 unspecified atom stereocenters. The summed E-state index contributed by atoms with van der Waals surface area (Å²) in [5.74, 6) is -2.09. The smallest absolute Gasteiger partial charge is 0.263 e. The summed E-state index contributed by atoms with van der Waals surface area (Å²) in [6.45, 7) is 0. The Morgan fingerprint density at radius 2 is 2.00 bits per heavy atom. The van der Waals surface area contributed by atoms with E-state index in [1.807, 2.05) is 0 Å². The fraction of sp³-hybridized carbons (Fsp3) is 0.0625. The first kappa shape index (κ1) is 16.6. The lowest BCUT2D eigenvalue weighted by atomic mass is 10.1. The van der Waals surface area contributed by atoms with Gasteiger partial charge < -0.3 is 15.6 Å². The Labute approximate surface area is 150 Å². The zero-order valence-corrected chi connectivity index (χ0v) is 13.9. The standard InChI is InChI=1S/C16H12F2N8O/c1-25-7-21-5-11(25)12-9(18)3-20-4-10(12)23-16(27)13-14(19)24-26-6-8(17)2-22-15(13)26/h2-7H,1H3,(H2,19,24)(H,23,27)/i14+1. The van der Waals surface area contributed by atoms with Crippen molar-refractivity contribution in [2.75, 3.05) is 11.1 Å². The molecule has 0 spiro atoms. The number of carbonyl (C=O) groups is 1. The Kier molecular flexibility index (Phi) is 3.76. The summed E-state index contributed by atoms with van der Waals surface area (Å²) in [6.07, 6.45) is 7.28. The van der Waals surface area contributed by atoms with Crippen molar-refractivity contribution < 1.29 is 13.6 Å². The molecule has 0 aromatic carbocycles. The van der Waals surface area contributed by atoms with Crippen LogP contribution in [0.3, 0.4) is 0 Å². The largest absolute Gasteiger partial charge is 0.381 e. The third-order valence-electron chi connectivity index (χ3n) is 3.92. The van der Waals surface area contributed by atoms with E-state index < -0.39 is 17.5 Å². The number of nitrogens with one attached hydrogen (secondary N) is 1. The highest BCUT2D eigenvalue weighted by Gasteiger charge is 2.22. The summed E-state index contributed by atoms with van der Waals surface area (Å²) < 4.78 is 30.4. The summed E-state index contributed by atoms with van der Waals surface area (Å²) in [4.78, 5) is 24.3. The van der Waals surface area contributed by atoms with Gasteiger partial charge in [0.1, 0.15) is 5.56 Å². The van der Waals surface area contributed by atoms with Gasteiger partial charge in [-0.25, -0.2) is 23.3 Å². The van der Waals surface area contributed by atoms with Crippen molar-refractivity contribution in [2.24, 2.45) is 7.05 Å². The fourth-order valence-electron chi connectivity index (χ4n) is 2.72.